The Hall–Kier alpha value is -1.43. The highest BCUT2D eigenvalue weighted by molar-refractivity contribution is 7.73. The molecule has 3 nitrogen and oxygen atoms in total. The highest BCUT2D eigenvalue weighted by Gasteiger charge is 2.44. The van der Waals surface area contributed by atoms with Crippen LogP contribution in [0.2, 0.25) is 0 Å². The summed E-state index contributed by atoms with van der Waals surface area (Å²) in [5.41, 5.74) is 2.60. The maximum Gasteiger partial charge on any atom is 0.317 e. The zero-order chi connectivity index (χ0) is 24.7. The van der Waals surface area contributed by atoms with Crippen LogP contribution in [0, 0.1) is 0 Å². The second-order valence-corrected chi connectivity index (χ2v) is 16.4. The third-order valence-electron chi connectivity index (χ3n) is 8.81. The molecule has 2 aromatic carbocycles. The molecule has 1 N–H and O–H groups in total. The Kier molecular flexibility index (Phi) is 9.37. The molecule has 2 saturated carbocycles. The van der Waals surface area contributed by atoms with Crippen LogP contribution in [-0.4, -0.2) is 53.7 Å². The molecule has 0 bridgehead atoms. The van der Waals surface area contributed by atoms with Crippen molar-refractivity contribution in [3.63, 3.8) is 0 Å². The number of benzene rings is 2. The third-order valence-corrected chi connectivity index (χ3v) is 15.4. The van der Waals surface area contributed by atoms with E-state index in [2.05, 4.69) is 70.9 Å². The average Bonchev–Trinajstić information content (AvgIpc) is 3.37. The van der Waals surface area contributed by atoms with Crippen LogP contribution in [0.25, 0.3) is 0 Å². The predicted octanol–water partition coefficient (Wildman–Crippen LogP) is 7.05. The largest absolute Gasteiger partial charge is 0.341 e. The Bertz CT molecular complexity index is 886. The monoisotopic (exact) mass is 522 g/mol. The van der Waals surface area contributed by atoms with Crippen molar-refractivity contribution >= 4 is 32.5 Å². The van der Waals surface area contributed by atoms with Crippen molar-refractivity contribution < 1.29 is 4.79 Å². The summed E-state index contributed by atoms with van der Waals surface area (Å²) in [6.45, 7) is 0.982. The molecule has 2 aromatic rings. The van der Waals surface area contributed by atoms with Gasteiger partial charge in [-0.25, -0.2) is 4.79 Å². The molecule has 1 aliphatic heterocycles. The normalized spacial score (nSPS) is 23.9. The van der Waals surface area contributed by atoms with Crippen molar-refractivity contribution in [3.8, 4) is 0 Å². The Morgan fingerprint density at radius 3 is 1.75 bits per heavy atom. The number of likely N-dealkylation sites (tertiary alicyclic amines) is 1. The van der Waals surface area contributed by atoms with Crippen LogP contribution in [0.1, 0.15) is 70.6 Å². The number of nitrogens with zero attached hydrogens (tertiary/aromatic N) is 1. The molecule has 0 radical (unpaired) electrons. The molecule has 36 heavy (non-hydrogen) atoms. The standard InChI is InChI=1S/C31H44N2OP2/c1-32-31(34)33-23-30(36(28-18-10-4-11-19-28)29-20-12-5-13-21-29)22-25(33)24-35(26-14-6-2-7-15-26)27-16-8-3-9-17-27/h2-3,6-9,14-17,25,28-30H,4-5,10-13,18-24H2,1H3,(H,32,34). The molecular weight excluding hydrogens is 478 g/mol. The topological polar surface area (TPSA) is 32.3 Å². The molecule has 2 amide bonds. The first-order chi connectivity index (χ1) is 17.7. The SMILES string of the molecule is CNC(=O)N1CC(P(C2CCCCC2)C2CCCCC2)CC1CP(c1ccccc1)c1ccccc1. The molecule has 5 rings (SSSR count). The predicted molar refractivity (Wildman–Crippen MR) is 158 cm³/mol. The summed E-state index contributed by atoms with van der Waals surface area (Å²) in [5, 5.41) is 5.87. The van der Waals surface area contributed by atoms with Crippen molar-refractivity contribution in [2.24, 2.45) is 0 Å². The van der Waals surface area contributed by atoms with Crippen LogP contribution in [-0.2, 0) is 0 Å². The number of nitrogens with one attached hydrogen (secondary N) is 1. The number of rotatable bonds is 7. The van der Waals surface area contributed by atoms with E-state index in [1.165, 1.54) is 81.2 Å². The van der Waals surface area contributed by atoms with Crippen molar-refractivity contribution in [1.29, 1.82) is 0 Å². The number of amides is 2. The summed E-state index contributed by atoms with van der Waals surface area (Å²) in [6, 6.07) is 22.6. The Morgan fingerprint density at radius 2 is 1.28 bits per heavy atom. The molecule has 0 spiro atoms. The molecule has 3 aliphatic rings. The van der Waals surface area contributed by atoms with E-state index in [0.29, 0.717) is 6.04 Å². The Balaban J connectivity index is 1.42. The number of hydrogen-bond acceptors (Lipinski definition) is 1. The summed E-state index contributed by atoms with van der Waals surface area (Å²) in [5.74, 6) is 0. The van der Waals surface area contributed by atoms with Gasteiger partial charge >= 0.3 is 6.03 Å². The number of carbonyl (C=O) groups is 1. The summed E-state index contributed by atoms with van der Waals surface area (Å²) >= 11 is 0. The van der Waals surface area contributed by atoms with E-state index < -0.39 is 7.92 Å². The summed E-state index contributed by atoms with van der Waals surface area (Å²) in [7, 11) is 1.29. The smallest absolute Gasteiger partial charge is 0.317 e. The molecular formula is C31H44N2OP2. The fourth-order valence-electron chi connectivity index (χ4n) is 7.11. The van der Waals surface area contributed by atoms with Gasteiger partial charge in [0.15, 0.2) is 0 Å². The Labute approximate surface area is 221 Å². The first-order valence-corrected chi connectivity index (χ1v) is 17.5. The minimum absolute atomic E-state index is 0.0291. The van der Waals surface area contributed by atoms with Gasteiger partial charge in [0.05, 0.1) is 0 Å². The fourth-order valence-corrected chi connectivity index (χ4v) is 14.2. The zero-order valence-corrected chi connectivity index (χ0v) is 23.8. The summed E-state index contributed by atoms with van der Waals surface area (Å²) in [4.78, 5) is 15.5. The summed E-state index contributed by atoms with van der Waals surface area (Å²) in [6.07, 6.45) is 16.7. The highest BCUT2D eigenvalue weighted by Crippen LogP contribution is 2.61. The van der Waals surface area contributed by atoms with E-state index in [1.54, 1.807) is 0 Å². The van der Waals surface area contributed by atoms with Gasteiger partial charge in [0.2, 0.25) is 0 Å². The van der Waals surface area contributed by atoms with E-state index >= 15 is 0 Å². The zero-order valence-electron chi connectivity index (χ0n) is 22.0. The van der Waals surface area contributed by atoms with Crippen LogP contribution < -0.4 is 15.9 Å². The molecule has 2 aliphatic carbocycles. The van der Waals surface area contributed by atoms with E-state index in [9.17, 15) is 4.79 Å². The minimum Gasteiger partial charge on any atom is -0.341 e. The highest BCUT2D eigenvalue weighted by atomic mass is 31.1. The first-order valence-electron chi connectivity index (χ1n) is 14.4. The van der Waals surface area contributed by atoms with Gasteiger partial charge in [0, 0.05) is 19.6 Å². The van der Waals surface area contributed by atoms with E-state index in [0.717, 1.165) is 29.7 Å². The average molecular weight is 523 g/mol. The van der Waals surface area contributed by atoms with E-state index in [-0.39, 0.29) is 14.0 Å². The van der Waals surface area contributed by atoms with Crippen LogP contribution in [0.15, 0.2) is 60.7 Å². The van der Waals surface area contributed by atoms with Crippen molar-refractivity contribution in [2.75, 3.05) is 19.8 Å². The molecule has 1 heterocycles. The van der Waals surface area contributed by atoms with E-state index in [1.807, 2.05) is 7.05 Å². The number of urea groups is 1. The van der Waals surface area contributed by atoms with Gasteiger partial charge in [-0.3, -0.25) is 0 Å². The lowest BCUT2D eigenvalue weighted by molar-refractivity contribution is 0.199. The van der Waals surface area contributed by atoms with Gasteiger partial charge in [-0.15, -0.1) is 0 Å². The number of hydrogen-bond donors (Lipinski definition) is 1. The van der Waals surface area contributed by atoms with Crippen molar-refractivity contribution in [3.05, 3.63) is 60.7 Å². The van der Waals surface area contributed by atoms with Gasteiger partial charge in [0.1, 0.15) is 0 Å². The van der Waals surface area contributed by atoms with Crippen molar-refractivity contribution in [1.82, 2.24) is 10.2 Å². The quantitative estimate of drug-likeness (QED) is 0.389. The van der Waals surface area contributed by atoms with Gasteiger partial charge in [-0.1, -0.05) is 107 Å². The Morgan fingerprint density at radius 1 is 0.778 bits per heavy atom. The lowest BCUT2D eigenvalue weighted by Crippen LogP contribution is -2.43. The van der Waals surface area contributed by atoms with E-state index in [4.69, 9.17) is 0 Å². The second kappa shape index (κ2) is 12.9. The van der Waals surface area contributed by atoms with Gasteiger partial charge < -0.3 is 10.2 Å². The molecule has 3 fully saturated rings. The second-order valence-electron chi connectivity index (χ2n) is 11.1. The van der Waals surface area contributed by atoms with Gasteiger partial charge in [-0.2, -0.15) is 0 Å². The maximum atomic E-state index is 13.2. The summed E-state index contributed by atoms with van der Waals surface area (Å²) < 4.78 is 0. The molecule has 194 valence electrons. The first kappa shape index (κ1) is 26.2. The van der Waals surface area contributed by atoms with Crippen LogP contribution in [0.3, 0.4) is 0 Å². The molecule has 5 heteroatoms. The molecule has 2 unspecified atom stereocenters. The fraction of sp³-hybridized carbons (Fsp3) is 0.581. The van der Waals surface area contributed by atoms with Crippen LogP contribution in [0.4, 0.5) is 4.79 Å². The molecule has 2 atom stereocenters. The maximum absolute atomic E-state index is 13.2. The third kappa shape index (κ3) is 6.16. The van der Waals surface area contributed by atoms with Crippen LogP contribution >= 0.6 is 15.8 Å². The lowest BCUT2D eigenvalue weighted by atomic mass is 9.99. The minimum atomic E-state index is -0.500. The lowest BCUT2D eigenvalue weighted by Gasteiger charge is -2.42. The number of carbonyl (C=O) groups excluding carboxylic acids is 1. The van der Waals surface area contributed by atoms with Gasteiger partial charge in [0.25, 0.3) is 0 Å². The van der Waals surface area contributed by atoms with Crippen LogP contribution in [0.5, 0.6) is 0 Å². The van der Waals surface area contributed by atoms with Crippen molar-refractivity contribution in [2.45, 2.75) is 93.6 Å². The molecule has 1 saturated heterocycles. The van der Waals surface area contributed by atoms with Gasteiger partial charge in [-0.05, 0) is 73.8 Å². The molecule has 0 aromatic heterocycles.